The molecule has 6 nitrogen and oxygen atoms in total. The molecule has 6 rings (SSSR count). The first-order valence-electron chi connectivity index (χ1n) is 14.7. The second-order valence-electron chi connectivity index (χ2n) is 11.3. The highest BCUT2D eigenvalue weighted by atomic mass is 16.5. The number of hydrogen-bond acceptors (Lipinski definition) is 4. The van der Waals surface area contributed by atoms with Crippen molar-refractivity contribution in [1.82, 2.24) is 10.2 Å². The molecule has 4 aromatic carbocycles. The number of rotatable bonds is 9. The van der Waals surface area contributed by atoms with Crippen molar-refractivity contribution in [3.8, 4) is 5.75 Å². The molecule has 1 fully saturated rings. The number of carbonyl (C=O) groups is 2. The van der Waals surface area contributed by atoms with Crippen LogP contribution in [0.25, 0.3) is 10.8 Å². The van der Waals surface area contributed by atoms with E-state index in [4.69, 9.17) is 4.74 Å². The summed E-state index contributed by atoms with van der Waals surface area (Å²) in [5, 5.41) is 8.61. The lowest BCUT2D eigenvalue weighted by Crippen LogP contribution is -2.49. The van der Waals surface area contributed by atoms with Gasteiger partial charge in [0, 0.05) is 25.3 Å². The maximum absolute atomic E-state index is 13.5. The van der Waals surface area contributed by atoms with Gasteiger partial charge >= 0.3 is 0 Å². The third-order valence-corrected chi connectivity index (χ3v) is 8.27. The summed E-state index contributed by atoms with van der Waals surface area (Å²) in [5.74, 6) is 0.173. The van der Waals surface area contributed by atoms with Crippen molar-refractivity contribution in [2.24, 2.45) is 11.8 Å². The lowest BCUT2D eigenvalue weighted by molar-refractivity contribution is -0.130. The third kappa shape index (κ3) is 6.77. The molecule has 2 atom stereocenters. The van der Waals surface area contributed by atoms with Gasteiger partial charge in [0.25, 0.3) is 0 Å². The van der Waals surface area contributed by atoms with Crippen LogP contribution < -0.4 is 15.4 Å². The van der Waals surface area contributed by atoms with E-state index in [-0.39, 0.29) is 23.7 Å². The summed E-state index contributed by atoms with van der Waals surface area (Å²) in [6, 6.07) is 30.7. The monoisotopic (exact) mass is 547 g/mol. The number of carbonyl (C=O) groups excluding carboxylic acids is 2. The Hall–Kier alpha value is -4.16. The third-order valence-electron chi connectivity index (χ3n) is 8.27. The Morgan fingerprint density at radius 2 is 1.54 bits per heavy atom. The van der Waals surface area contributed by atoms with Crippen molar-refractivity contribution in [2.45, 2.75) is 32.2 Å². The van der Waals surface area contributed by atoms with Crippen LogP contribution in [0.4, 0.5) is 5.69 Å². The molecule has 1 aliphatic heterocycles. The summed E-state index contributed by atoms with van der Waals surface area (Å²) >= 11 is 0. The summed E-state index contributed by atoms with van der Waals surface area (Å²) in [4.78, 5) is 29.1. The van der Waals surface area contributed by atoms with E-state index in [9.17, 15) is 9.59 Å². The zero-order chi connectivity index (χ0) is 28.0. The number of nitrogens with zero attached hydrogens (tertiary/aromatic N) is 1. The maximum atomic E-state index is 13.5. The van der Waals surface area contributed by atoms with Crippen LogP contribution in [0, 0.1) is 11.8 Å². The van der Waals surface area contributed by atoms with Crippen molar-refractivity contribution in [2.75, 3.05) is 31.6 Å². The molecule has 1 saturated heterocycles. The Kier molecular flexibility index (Phi) is 8.28. The predicted octanol–water partition coefficient (Wildman–Crippen LogP) is 5.60. The SMILES string of the molecule is O=C(NCCOc1ccccc1)[C@H]1C[C@@H](C(=O)Nc2ccc3c(c2)CCC3)CN(Cc2ccc3ccccc3c2)C1. The first kappa shape index (κ1) is 27.0. The van der Waals surface area contributed by atoms with Gasteiger partial charge in [-0.2, -0.15) is 0 Å². The standard InChI is InChI=1S/C35H37N3O3/c39-34(36-17-18-41-33-11-2-1-3-12-33)30-20-31(35(40)37-32-16-15-27-9-6-10-29(27)21-32)24-38(23-30)22-25-13-14-26-7-4-5-8-28(26)19-25/h1-5,7-8,11-16,19,21,30-31H,6,9-10,17-18,20,22-24H2,(H,36,39)(H,37,40)/t30-,31+/m0/s1. The Balaban J connectivity index is 1.13. The number of para-hydroxylation sites is 1. The molecule has 1 aliphatic carbocycles. The van der Waals surface area contributed by atoms with Gasteiger partial charge in [0.1, 0.15) is 12.4 Å². The van der Waals surface area contributed by atoms with Crippen molar-refractivity contribution in [1.29, 1.82) is 0 Å². The number of anilines is 1. The molecule has 2 N–H and O–H groups in total. The van der Waals surface area contributed by atoms with Crippen LogP contribution in [0.5, 0.6) is 5.75 Å². The number of amides is 2. The molecule has 1 heterocycles. The summed E-state index contributed by atoms with van der Waals surface area (Å²) in [6.45, 7) is 2.73. The van der Waals surface area contributed by atoms with Gasteiger partial charge in [0.2, 0.25) is 11.8 Å². The molecule has 41 heavy (non-hydrogen) atoms. The van der Waals surface area contributed by atoms with Gasteiger partial charge in [0.15, 0.2) is 0 Å². The van der Waals surface area contributed by atoms with E-state index >= 15 is 0 Å². The Morgan fingerprint density at radius 3 is 2.39 bits per heavy atom. The fraction of sp³-hybridized carbons (Fsp3) is 0.314. The van der Waals surface area contributed by atoms with Gasteiger partial charge in [-0.05, 0) is 83.5 Å². The zero-order valence-corrected chi connectivity index (χ0v) is 23.4. The fourth-order valence-corrected chi connectivity index (χ4v) is 6.19. The second-order valence-corrected chi connectivity index (χ2v) is 11.3. The molecule has 0 bridgehead atoms. The minimum absolute atomic E-state index is 0.0173. The van der Waals surface area contributed by atoms with Gasteiger partial charge in [-0.1, -0.05) is 60.7 Å². The molecule has 0 unspecified atom stereocenters. The molecule has 0 radical (unpaired) electrons. The molecule has 0 spiro atoms. The van der Waals surface area contributed by atoms with E-state index in [0.29, 0.717) is 39.2 Å². The van der Waals surface area contributed by atoms with Gasteiger partial charge in [0.05, 0.1) is 18.4 Å². The highest BCUT2D eigenvalue weighted by molar-refractivity contribution is 5.93. The minimum atomic E-state index is -0.284. The first-order chi connectivity index (χ1) is 20.1. The van der Waals surface area contributed by atoms with E-state index in [1.807, 2.05) is 48.5 Å². The fourth-order valence-electron chi connectivity index (χ4n) is 6.19. The Morgan fingerprint density at radius 1 is 0.780 bits per heavy atom. The number of piperidine rings is 1. The first-order valence-corrected chi connectivity index (χ1v) is 14.7. The van der Waals surface area contributed by atoms with Crippen LogP contribution in [-0.4, -0.2) is 43.0 Å². The van der Waals surface area contributed by atoms with Gasteiger partial charge in [-0.3, -0.25) is 14.5 Å². The topological polar surface area (TPSA) is 70.7 Å². The average molecular weight is 548 g/mol. The lowest BCUT2D eigenvalue weighted by atomic mass is 9.87. The molecule has 0 aromatic heterocycles. The molecular weight excluding hydrogens is 510 g/mol. The number of nitrogens with one attached hydrogen (secondary N) is 2. The van der Waals surface area contributed by atoms with Crippen LogP contribution in [0.3, 0.4) is 0 Å². The summed E-state index contributed by atoms with van der Waals surface area (Å²) < 4.78 is 5.75. The minimum Gasteiger partial charge on any atom is -0.492 e. The summed E-state index contributed by atoms with van der Waals surface area (Å²) in [6.07, 6.45) is 3.88. The van der Waals surface area contributed by atoms with Gasteiger partial charge in [-0.25, -0.2) is 0 Å². The van der Waals surface area contributed by atoms with Crippen LogP contribution in [-0.2, 0) is 29.0 Å². The number of benzene rings is 4. The van der Waals surface area contributed by atoms with Crippen molar-refractivity contribution in [3.63, 3.8) is 0 Å². The Bertz CT molecular complexity index is 1520. The summed E-state index contributed by atoms with van der Waals surface area (Å²) in [7, 11) is 0. The molecule has 210 valence electrons. The maximum Gasteiger partial charge on any atom is 0.228 e. The molecule has 4 aromatic rings. The second kappa shape index (κ2) is 12.6. The van der Waals surface area contributed by atoms with Crippen molar-refractivity contribution < 1.29 is 14.3 Å². The van der Waals surface area contributed by atoms with Gasteiger partial charge < -0.3 is 15.4 Å². The number of fused-ring (bicyclic) bond motifs is 2. The summed E-state index contributed by atoms with van der Waals surface area (Å²) in [5.41, 5.74) is 4.75. The number of ether oxygens (including phenoxy) is 1. The normalized spacial score (nSPS) is 18.5. The smallest absolute Gasteiger partial charge is 0.228 e. The Labute approximate surface area is 241 Å². The number of hydrogen-bond donors (Lipinski definition) is 2. The van der Waals surface area contributed by atoms with E-state index in [1.54, 1.807) is 0 Å². The van der Waals surface area contributed by atoms with Crippen LogP contribution >= 0.6 is 0 Å². The predicted molar refractivity (Wildman–Crippen MR) is 163 cm³/mol. The van der Waals surface area contributed by atoms with E-state index in [2.05, 4.69) is 58.0 Å². The molecule has 6 heteroatoms. The zero-order valence-electron chi connectivity index (χ0n) is 23.4. The average Bonchev–Trinajstić information content (AvgIpc) is 3.47. The van der Waals surface area contributed by atoms with E-state index < -0.39 is 0 Å². The van der Waals surface area contributed by atoms with Crippen molar-refractivity contribution in [3.05, 3.63) is 108 Å². The quantitative estimate of drug-likeness (QED) is 0.268. The largest absolute Gasteiger partial charge is 0.492 e. The van der Waals surface area contributed by atoms with E-state index in [1.165, 1.54) is 33.9 Å². The van der Waals surface area contributed by atoms with Crippen LogP contribution in [0.1, 0.15) is 29.5 Å². The molecule has 2 aliphatic rings. The molecule has 2 amide bonds. The molecular formula is C35H37N3O3. The highest BCUT2D eigenvalue weighted by Gasteiger charge is 2.35. The highest BCUT2D eigenvalue weighted by Crippen LogP contribution is 2.28. The van der Waals surface area contributed by atoms with Crippen LogP contribution in [0.2, 0.25) is 0 Å². The van der Waals surface area contributed by atoms with E-state index in [0.717, 1.165) is 24.3 Å². The molecule has 0 saturated carbocycles. The van der Waals surface area contributed by atoms with Crippen molar-refractivity contribution >= 4 is 28.3 Å². The van der Waals surface area contributed by atoms with Gasteiger partial charge in [-0.15, -0.1) is 0 Å². The number of aryl methyl sites for hydroxylation is 2. The lowest BCUT2D eigenvalue weighted by Gasteiger charge is -2.36. The van der Waals surface area contributed by atoms with Crippen LogP contribution in [0.15, 0.2) is 91.0 Å². The number of likely N-dealkylation sites (tertiary alicyclic amines) is 1.